The average Bonchev–Trinajstić information content (AvgIpc) is 3.04. The number of hydrogen-bond donors (Lipinski definition) is 1. The van der Waals surface area contributed by atoms with Gasteiger partial charge in [-0.15, -0.1) is 0 Å². The van der Waals surface area contributed by atoms with Crippen molar-refractivity contribution in [3.05, 3.63) is 51.9 Å². The number of carbonyl (C=O) groups excluding carboxylic acids is 3. The van der Waals surface area contributed by atoms with Gasteiger partial charge < -0.3 is 19.5 Å². The van der Waals surface area contributed by atoms with Gasteiger partial charge in [0.2, 0.25) is 5.91 Å². The molecule has 1 aliphatic heterocycles. The predicted octanol–water partition coefficient (Wildman–Crippen LogP) is 4.82. The van der Waals surface area contributed by atoms with Crippen LogP contribution in [0.3, 0.4) is 0 Å². The molecule has 10 heteroatoms. The third-order valence-corrected chi connectivity index (χ3v) is 5.66. The molecule has 1 saturated heterocycles. The molecule has 3 rings (SSSR count). The van der Waals surface area contributed by atoms with Crippen molar-refractivity contribution in [1.29, 1.82) is 0 Å². The van der Waals surface area contributed by atoms with Gasteiger partial charge in [0.15, 0.2) is 11.5 Å². The first-order chi connectivity index (χ1) is 15.9. The van der Waals surface area contributed by atoms with Crippen LogP contribution in [-0.2, 0) is 9.59 Å². The molecule has 0 atom stereocenters. The summed E-state index contributed by atoms with van der Waals surface area (Å²) in [5, 5.41) is 2.44. The Balaban J connectivity index is 1.77. The number of nitrogens with one attached hydrogen (secondary N) is 1. The Hall–Kier alpha value is -3.17. The highest BCUT2D eigenvalue weighted by Crippen LogP contribution is 2.39. The second-order valence-corrected chi connectivity index (χ2v) is 8.11. The molecule has 33 heavy (non-hydrogen) atoms. The lowest BCUT2D eigenvalue weighted by molar-refractivity contribution is -0.127. The van der Waals surface area contributed by atoms with E-state index in [1.807, 2.05) is 13.8 Å². The number of anilines is 1. The molecule has 1 fully saturated rings. The molecule has 3 amide bonds. The van der Waals surface area contributed by atoms with Gasteiger partial charge in [-0.1, -0.05) is 23.7 Å². The summed E-state index contributed by atoms with van der Waals surface area (Å²) in [6.45, 7) is 4.05. The second-order valence-electron chi connectivity index (χ2n) is 6.71. The van der Waals surface area contributed by atoms with Crippen LogP contribution in [-0.4, -0.2) is 48.8 Å². The van der Waals surface area contributed by atoms with Crippen molar-refractivity contribution in [1.82, 2.24) is 4.90 Å². The summed E-state index contributed by atoms with van der Waals surface area (Å²) >= 11 is 7.08. The second kappa shape index (κ2) is 11.1. The Kier molecular flexibility index (Phi) is 8.24. The number of carbonyl (C=O) groups is 3. The van der Waals surface area contributed by atoms with Crippen molar-refractivity contribution >= 4 is 52.2 Å². The van der Waals surface area contributed by atoms with Crippen molar-refractivity contribution < 1.29 is 28.6 Å². The minimum atomic E-state index is -0.567. The fraction of sp³-hybridized carbons (Fsp3) is 0.261. The number of amides is 3. The molecule has 0 aromatic heterocycles. The summed E-state index contributed by atoms with van der Waals surface area (Å²) in [5.41, 5.74) is 1.01. The van der Waals surface area contributed by atoms with Crippen LogP contribution < -0.4 is 19.5 Å². The smallest absolute Gasteiger partial charge is 0.294 e. The number of benzene rings is 2. The third-order valence-electron chi connectivity index (χ3n) is 4.47. The summed E-state index contributed by atoms with van der Waals surface area (Å²) in [5.74, 6) is 0.235. The third kappa shape index (κ3) is 5.80. The number of ether oxygens (including phenoxy) is 3. The molecule has 0 saturated carbocycles. The highest BCUT2D eigenvalue weighted by atomic mass is 35.5. The van der Waals surface area contributed by atoms with Crippen molar-refractivity contribution in [2.75, 3.05) is 32.2 Å². The van der Waals surface area contributed by atoms with Crippen LogP contribution in [0.2, 0.25) is 5.02 Å². The van der Waals surface area contributed by atoms with E-state index in [0.29, 0.717) is 46.7 Å². The van der Waals surface area contributed by atoms with Crippen LogP contribution in [0.15, 0.2) is 41.3 Å². The monoisotopic (exact) mass is 490 g/mol. The number of hydrogen-bond acceptors (Lipinski definition) is 7. The number of para-hydroxylation sites is 2. The van der Waals surface area contributed by atoms with Gasteiger partial charge in [0.25, 0.3) is 11.1 Å². The Labute approximate surface area is 200 Å². The highest BCUT2D eigenvalue weighted by molar-refractivity contribution is 8.18. The summed E-state index contributed by atoms with van der Waals surface area (Å²) in [6, 6.07) is 10.2. The molecule has 0 aliphatic carbocycles. The molecule has 1 heterocycles. The van der Waals surface area contributed by atoms with Gasteiger partial charge in [0.05, 0.1) is 35.9 Å². The van der Waals surface area contributed by atoms with E-state index in [-0.39, 0.29) is 4.91 Å². The molecule has 0 radical (unpaired) electrons. The van der Waals surface area contributed by atoms with E-state index in [0.717, 1.165) is 16.7 Å². The quantitative estimate of drug-likeness (QED) is 0.503. The van der Waals surface area contributed by atoms with E-state index in [9.17, 15) is 14.4 Å². The maximum Gasteiger partial charge on any atom is 0.294 e. The van der Waals surface area contributed by atoms with Gasteiger partial charge in [0.1, 0.15) is 12.3 Å². The van der Waals surface area contributed by atoms with Crippen LogP contribution in [0.1, 0.15) is 19.4 Å². The van der Waals surface area contributed by atoms with E-state index < -0.39 is 23.6 Å². The predicted molar refractivity (Wildman–Crippen MR) is 128 cm³/mol. The lowest BCUT2D eigenvalue weighted by Gasteiger charge is -2.14. The van der Waals surface area contributed by atoms with Crippen LogP contribution in [0.5, 0.6) is 17.2 Å². The van der Waals surface area contributed by atoms with E-state index in [1.165, 1.54) is 13.2 Å². The van der Waals surface area contributed by atoms with Gasteiger partial charge in [-0.25, -0.2) is 0 Å². The van der Waals surface area contributed by atoms with Gasteiger partial charge in [-0.3, -0.25) is 19.3 Å². The Morgan fingerprint density at radius 1 is 1.12 bits per heavy atom. The van der Waals surface area contributed by atoms with Gasteiger partial charge in [0, 0.05) is 0 Å². The van der Waals surface area contributed by atoms with E-state index >= 15 is 0 Å². The summed E-state index contributed by atoms with van der Waals surface area (Å²) in [6.07, 6.45) is 1.53. The Morgan fingerprint density at radius 3 is 2.55 bits per heavy atom. The zero-order valence-corrected chi connectivity index (χ0v) is 19.9. The molecular weight excluding hydrogens is 468 g/mol. The number of rotatable bonds is 9. The molecular formula is C23H23ClN2O6S. The number of thioether (sulfide) groups is 1. The zero-order chi connectivity index (χ0) is 24.0. The van der Waals surface area contributed by atoms with Crippen molar-refractivity contribution in [2.45, 2.75) is 13.8 Å². The molecule has 0 bridgehead atoms. The summed E-state index contributed by atoms with van der Waals surface area (Å²) < 4.78 is 16.3. The molecule has 2 aromatic rings. The van der Waals surface area contributed by atoms with E-state index in [2.05, 4.69) is 5.32 Å². The zero-order valence-electron chi connectivity index (χ0n) is 18.3. The molecule has 2 aromatic carbocycles. The van der Waals surface area contributed by atoms with Crippen LogP contribution in [0, 0.1) is 0 Å². The number of halogens is 1. The van der Waals surface area contributed by atoms with Crippen molar-refractivity contribution in [2.24, 2.45) is 0 Å². The van der Waals surface area contributed by atoms with Crippen molar-refractivity contribution in [3.63, 3.8) is 0 Å². The summed E-state index contributed by atoms with van der Waals surface area (Å²) in [4.78, 5) is 38.8. The first-order valence-corrected chi connectivity index (χ1v) is 11.3. The molecule has 1 N–H and O–H groups in total. The fourth-order valence-corrected chi connectivity index (χ4v) is 4.20. The Morgan fingerprint density at radius 2 is 1.85 bits per heavy atom. The Bertz CT molecular complexity index is 1100. The largest absolute Gasteiger partial charge is 0.495 e. The first kappa shape index (κ1) is 24.5. The number of nitrogens with zero attached hydrogens (tertiary/aromatic N) is 1. The lowest BCUT2D eigenvalue weighted by atomic mass is 10.1. The number of methoxy groups -OCH3 is 1. The van der Waals surface area contributed by atoms with E-state index in [1.54, 1.807) is 36.4 Å². The van der Waals surface area contributed by atoms with Gasteiger partial charge in [-0.05, 0) is 61.5 Å². The summed E-state index contributed by atoms with van der Waals surface area (Å²) in [7, 11) is 1.48. The molecule has 174 valence electrons. The minimum absolute atomic E-state index is 0.174. The van der Waals surface area contributed by atoms with Crippen molar-refractivity contribution in [3.8, 4) is 17.2 Å². The minimum Gasteiger partial charge on any atom is -0.495 e. The van der Waals surface area contributed by atoms with E-state index in [4.69, 9.17) is 25.8 Å². The molecule has 0 unspecified atom stereocenters. The molecule has 8 nitrogen and oxygen atoms in total. The average molecular weight is 491 g/mol. The molecule has 1 aliphatic rings. The fourth-order valence-electron chi connectivity index (χ4n) is 3.09. The first-order valence-electron chi connectivity index (χ1n) is 10.1. The standard InChI is InChI=1S/C23H23ClN2O6S/c1-4-31-18-11-14(10-15(24)21(18)32-5-2)12-19-22(28)26(23(29)33-19)13-20(27)25-16-8-6-7-9-17(16)30-3/h6-12H,4-5,13H2,1-3H3,(H,25,27)/b19-12+. The van der Waals surface area contributed by atoms with Crippen LogP contribution in [0.25, 0.3) is 6.08 Å². The van der Waals surface area contributed by atoms with Gasteiger partial charge >= 0.3 is 0 Å². The lowest BCUT2D eigenvalue weighted by Crippen LogP contribution is -2.36. The maximum atomic E-state index is 12.8. The van der Waals surface area contributed by atoms with Crippen LogP contribution >= 0.6 is 23.4 Å². The molecule has 0 spiro atoms. The maximum absolute atomic E-state index is 12.8. The normalized spacial score (nSPS) is 14.5. The topological polar surface area (TPSA) is 94.2 Å². The number of imide groups is 1. The van der Waals surface area contributed by atoms with Crippen LogP contribution in [0.4, 0.5) is 10.5 Å². The van der Waals surface area contributed by atoms with Gasteiger partial charge in [-0.2, -0.15) is 0 Å². The SMILES string of the molecule is CCOc1cc(/C=C2/SC(=O)N(CC(=O)Nc3ccccc3OC)C2=O)cc(Cl)c1OCC. The highest BCUT2D eigenvalue weighted by Gasteiger charge is 2.36.